The summed E-state index contributed by atoms with van der Waals surface area (Å²) < 4.78 is 5.47. The molecule has 0 saturated carbocycles. The number of ether oxygens (including phenoxy) is 1. The molecule has 2 amide bonds. The summed E-state index contributed by atoms with van der Waals surface area (Å²) in [5, 5.41) is 5.47. The minimum absolute atomic E-state index is 0.430. The number of carbonyl (C=O) groups excluding carboxylic acids is 2. The van der Waals surface area contributed by atoms with Gasteiger partial charge in [0.25, 0.3) is 0 Å². The summed E-state index contributed by atoms with van der Waals surface area (Å²) in [7, 11) is 0. The SMILES string of the molecule is CC(C)(C)OC(=O)C(Nc1ncc[nH]1)c1cccc(NC(N)=O)c1. The summed E-state index contributed by atoms with van der Waals surface area (Å²) >= 11 is 0. The first-order chi connectivity index (χ1) is 11.2. The molecule has 8 nitrogen and oxygen atoms in total. The lowest BCUT2D eigenvalue weighted by molar-refractivity contribution is -0.156. The average molecular weight is 331 g/mol. The minimum atomic E-state index is -0.801. The quantitative estimate of drug-likeness (QED) is 0.627. The highest BCUT2D eigenvalue weighted by Gasteiger charge is 2.27. The number of benzene rings is 1. The van der Waals surface area contributed by atoms with E-state index in [9.17, 15) is 9.59 Å². The molecule has 0 aliphatic carbocycles. The van der Waals surface area contributed by atoms with E-state index >= 15 is 0 Å². The lowest BCUT2D eigenvalue weighted by Crippen LogP contribution is -2.31. The van der Waals surface area contributed by atoms with Crippen LogP contribution < -0.4 is 16.4 Å². The maximum Gasteiger partial charge on any atom is 0.333 e. The number of carbonyl (C=O) groups is 2. The Labute approximate surface area is 139 Å². The Kier molecular flexibility index (Phi) is 5.08. The van der Waals surface area contributed by atoms with Gasteiger partial charge in [0.2, 0.25) is 5.95 Å². The number of amides is 2. The molecular formula is C16H21N5O3. The van der Waals surface area contributed by atoms with E-state index in [0.29, 0.717) is 17.2 Å². The van der Waals surface area contributed by atoms with E-state index in [-0.39, 0.29) is 0 Å². The Morgan fingerprint density at radius 2 is 2.08 bits per heavy atom. The number of urea groups is 1. The highest BCUT2D eigenvalue weighted by molar-refractivity contribution is 5.88. The molecule has 1 atom stereocenters. The third kappa shape index (κ3) is 5.01. The second-order valence-corrected chi connectivity index (χ2v) is 6.16. The maximum atomic E-state index is 12.6. The van der Waals surface area contributed by atoms with Crippen LogP contribution in [0, 0.1) is 0 Å². The lowest BCUT2D eigenvalue weighted by atomic mass is 10.1. The molecule has 8 heteroatoms. The first-order valence-electron chi connectivity index (χ1n) is 7.40. The number of rotatable bonds is 5. The van der Waals surface area contributed by atoms with E-state index in [0.717, 1.165) is 0 Å². The van der Waals surface area contributed by atoms with Gasteiger partial charge in [-0.2, -0.15) is 0 Å². The number of nitrogens with one attached hydrogen (secondary N) is 3. The van der Waals surface area contributed by atoms with Crippen molar-refractivity contribution in [1.29, 1.82) is 0 Å². The molecule has 0 spiro atoms. The fraction of sp³-hybridized carbons (Fsp3) is 0.312. The smallest absolute Gasteiger partial charge is 0.333 e. The Morgan fingerprint density at radius 1 is 1.33 bits per heavy atom. The fourth-order valence-corrected chi connectivity index (χ4v) is 2.06. The van der Waals surface area contributed by atoms with E-state index in [1.807, 2.05) is 0 Å². The first-order valence-corrected chi connectivity index (χ1v) is 7.40. The van der Waals surface area contributed by atoms with Crippen LogP contribution in [0.5, 0.6) is 0 Å². The van der Waals surface area contributed by atoms with Gasteiger partial charge in [-0.05, 0) is 38.5 Å². The predicted molar refractivity (Wildman–Crippen MR) is 90.4 cm³/mol. The molecule has 0 aliphatic heterocycles. The second kappa shape index (κ2) is 7.03. The molecule has 1 unspecified atom stereocenters. The second-order valence-electron chi connectivity index (χ2n) is 6.16. The van der Waals surface area contributed by atoms with Gasteiger partial charge < -0.3 is 26.1 Å². The van der Waals surface area contributed by atoms with E-state index in [1.165, 1.54) is 0 Å². The molecule has 2 aromatic rings. The lowest BCUT2D eigenvalue weighted by Gasteiger charge is -2.25. The molecule has 1 aromatic carbocycles. The van der Waals surface area contributed by atoms with Crippen molar-refractivity contribution in [2.45, 2.75) is 32.4 Å². The zero-order chi connectivity index (χ0) is 17.7. The molecule has 5 N–H and O–H groups in total. The molecule has 0 saturated heterocycles. The summed E-state index contributed by atoms with van der Waals surface area (Å²) in [6.45, 7) is 5.37. The Balaban J connectivity index is 2.30. The number of imidazole rings is 1. The van der Waals surface area contributed by atoms with Gasteiger partial charge in [0.05, 0.1) is 0 Å². The molecule has 0 aliphatic rings. The van der Waals surface area contributed by atoms with Gasteiger partial charge >= 0.3 is 12.0 Å². The predicted octanol–water partition coefficient (Wildman–Crippen LogP) is 2.40. The number of esters is 1. The normalized spacial score (nSPS) is 12.3. The monoisotopic (exact) mass is 331 g/mol. The Hall–Kier alpha value is -3.03. The van der Waals surface area contributed by atoms with Gasteiger partial charge in [-0.15, -0.1) is 0 Å². The average Bonchev–Trinajstić information content (AvgIpc) is 2.95. The number of hydrogen-bond donors (Lipinski definition) is 4. The largest absolute Gasteiger partial charge is 0.458 e. The van der Waals surface area contributed by atoms with Crippen molar-refractivity contribution in [3.05, 3.63) is 42.2 Å². The standard InChI is InChI=1S/C16H21N5O3/c1-16(2,3)24-13(22)12(21-15-18-7-8-19-15)10-5-4-6-11(9-10)20-14(17)23/h4-9,12H,1-3H3,(H3,17,20,23)(H2,18,19,21). The molecule has 1 heterocycles. The van der Waals surface area contributed by atoms with E-state index in [2.05, 4.69) is 20.6 Å². The minimum Gasteiger partial charge on any atom is -0.458 e. The van der Waals surface area contributed by atoms with Crippen LogP contribution in [-0.2, 0) is 9.53 Å². The van der Waals surface area contributed by atoms with Crippen LogP contribution in [-0.4, -0.2) is 27.6 Å². The zero-order valence-corrected chi connectivity index (χ0v) is 13.8. The van der Waals surface area contributed by atoms with Crippen LogP contribution in [0.2, 0.25) is 0 Å². The van der Waals surface area contributed by atoms with Crippen LogP contribution in [0.25, 0.3) is 0 Å². The van der Waals surface area contributed by atoms with E-state index < -0.39 is 23.6 Å². The van der Waals surface area contributed by atoms with Gasteiger partial charge in [0.15, 0.2) is 6.04 Å². The van der Waals surface area contributed by atoms with E-state index in [1.54, 1.807) is 57.4 Å². The molecule has 0 bridgehead atoms. The number of aromatic amines is 1. The molecule has 0 fully saturated rings. The van der Waals surface area contributed by atoms with Crippen LogP contribution in [0.3, 0.4) is 0 Å². The van der Waals surface area contributed by atoms with Gasteiger partial charge in [0.1, 0.15) is 5.60 Å². The van der Waals surface area contributed by atoms with Crippen LogP contribution in [0.4, 0.5) is 16.4 Å². The zero-order valence-electron chi connectivity index (χ0n) is 13.8. The highest BCUT2D eigenvalue weighted by atomic mass is 16.6. The Bertz CT molecular complexity index is 707. The molecule has 1 aromatic heterocycles. The number of primary amides is 1. The fourth-order valence-electron chi connectivity index (χ4n) is 2.06. The van der Waals surface area contributed by atoms with Crippen molar-refractivity contribution in [2.75, 3.05) is 10.6 Å². The summed E-state index contributed by atoms with van der Waals surface area (Å²) in [6.07, 6.45) is 3.21. The molecule has 128 valence electrons. The molecule has 0 radical (unpaired) electrons. The summed E-state index contributed by atoms with van der Waals surface area (Å²) in [4.78, 5) is 30.5. The number of nitrogens with zero attached hydrogens (tertiary/aromatic N) is 1. The third-order valence-corrected chi connectivity index (χ3v) is 2.91. The van der Waals surface area contributed by atoms with Crippen molar-refractivity contribution < 1.29 is 14.3 Å². The number of anilines is 2. The van der Waals surface area contributed by atoms with Crippen molar-refractivity contribution in [3.63, 3.8) is 0 Å². The van der Waals surface area contributed by atoms with Crippen molar-refractivity contribution in [2.24, 2.45) is 5.73 Å². The number of hydrogen-bond acceptors (Lipinski definition) is 5. The van der Waals surface area contributed by atoms with Crippen molar-refractivity contribution in [3.8, 4) is 0 Å². The number of nitrogens with two attached hydrogens (primary N) is 1. The van der Waals surface area contributed by atoms with Gasteiger partial charge in [-0.1, -0.05) is 12.1 Å². The van der Waals surface area contributed by atoms with Crippen LogP contribution in [0.15, 0.2) is 36.7 Å². The number of aromatic nitrogens is 2. The third-order valence-electron chi connectivity index (χ3n) is 2.91. The van der Waals surface area contributed by atoms with Crippen LogP contribution in [0.1, 0.15) is 32.4 Å². The summed E-state index contributed by atoms with van der Waals surface area (Å²) in [5.74, 6) is -0.0331. The first kappa shape index (κ1) is 17.3. The van der Waals surface area contributed by atoms with Gasteiger partial charge in [-0.25, -0.2) is 14.6 Å². The van der Waals surface area contributed by atoms with Gasteiger partial charge in [0, 0.05) is 18.1 Å². The van der Waals surface area contributed by atoms with Gasteiger partial charge in [-0.3, -0.25) is 0 Å². The molecular weight excluding hydrogens is 310 g/mol. The summed E-state index contributed by atoms with van der Waals surface area (Å²) in [5.41, 5.74) is 5.58. The van der Waals surface area contributed by atoms with Crippen LogP contribution >= 0.6 is 0 Å². The molecule has 24 heavy (non-hydrogen) atoms. The highest BCUT2D eigenvalue weighted by Crippen LogP contribution is 2.24. The van der Waals surface area contributed by atoms with Crippen molar-refractivity contribution >= 4 is 23.6 Å². The topological polar surface area (TPSA) is 122 Å². The van der Waals surface area contributed by atoms with Crippen molar-refractivity contribution in [1.82, 2.24) is 9.97 Å². The summed E-state index contributed by atoms with van der Waals surface area (Å²) in [6, 6.07) is 5.30. The molecule has 2 rings (SSSR count). The maximum absolute atomic E-state index is 12.6. The van der Waals surface area contributed by atoms with E-state index in [4.69, 9.17) is 10.5 Å². The Morgan fingerprint density at radius 3 is 2.67 bits per heavy atom. The number of H-pyrrole nitrogens is 1.